The minimum absolute atomic E-state index is 0.492. The number of ether oxygens (including phenoxy) is 1. The van der Waals surface area contributed by atoms with Gasteiger partial charge in [0.2, 0.25) is 0 Å². The number of benzene rings is 1. The van der Waals surface area contributed by atoms with Crippen LogP contribution in [0.2, 0.25) is 5.02 Å². The number of hydrogen-bond donors (Lipinski definition) is 1. The molecule has 0 radical (unpaired) electrons. The highest BCUT2D eigenvalue weighted by Gasteiger charge is 2.18. The summed E-state index contributed by atoms with van der Waals surface area (Å²) in [5, 5.41) is 4.15. The van der Waals surface area contributed by atoms with Gasteiger partial charge in [-0.1, -0.05) is 17.7 Å². The lowest BCUT2D eigenvalue weighted by Crippen LogP contribution is -2.24. The summed E-state index contributed by atoms with van der Waals surface area (Å²) in [6, 6.07) is 6.07. The topological polar surface area (TPSA) is 24.5 Å². The van der Waals surface area contributed by atoms with E-state index in [1.54, 1.807) is 7.11 Å². The third kappa shape index (κ3) is 3.12. The van der Waals surface area contributed by atoms with Crippen LogP contribution in [0, 0.1) is 0 Å². The minimum atomic E-state index is 0.492. The number of methoxy groups -OCH3 is 1. The highest BCUT2D eigenvalue weighted by atomic mass is 35.5. The third-order valence-electron chi connectivity index (χ3n) is 3.24. The van der Waals surface area contributed by atoms with E-state index in [1.165, 1.54) is 5.56 Å². The van der Waals surface area contributed by atoms with E-state index < -0.39 is 0 Å². The molecule has 1 aromatic carbocycles. The molecule has 1 heterocycles. The van der Waals surface area contributed by atoms with Gasteiger partial charge < -0.3 is 15.0 Å². The molecule has 1 aliphatic heterocycles. The van der Waals surface area contributed by atoms with Crippen LogP contribution in [-0.4, -0.2) is 45.2 Å². The zero-order valence-electron chi connectivity index (χ0n) is 10.4. The molecule has 3 nitrogen and oxygen atoms in total. The van der Waals surface area contributed by atoms with E-state index in [9.17, 15) is 0 Å². The molecule has 4 heteroatoms. The van der Waals surface area contributed by atoms with Gasteiger partial charge in [-0.3, -0.25) is 0 Å². The molecule has 1 unspecified atom stereocenters. The van der Waals surface area contributed by atoms with Gasteiger partial charge in [0.25, 0.3) is 0 Å². The maximum absolute atomic E-state index is 6.17. The number of hydrogen-bond acceptors (Lipinski definition) is 3. The van der Waals surface area contributed by atoms with Crippen molar-refractivity contribution in [2.24, 2.45) is 0 Å². The normalized spacial score (nSPS) is 22.2. The summed E-state index contributed by atoms with van der Waals surface area (Å²) in [6.45, 7) is 4.22. The molecule has 2 rings (SSSR count). The Bertz CT molecular complexity index is 384. The predicted octanol–water partition coefficient (Wildman–Crippen LogP) is 1.97. The monoisotopic (exact) mass is 254 g/mol. The Labute approximate surface area is 108 Å². The average Bonchev–Trinajstić information content (AvgIpc) is 2.54. The number of nitrogens with one attached hydrogen (secondary N) is 1. The maximum Gasteiger partial charge on any atom is 0.137 e. The maximum atomic E-state index is 6.17. The standard InChI is InChI=1S/C13H19ClN2O/c1-16-6-5-15-8-11(9-16)10-3-4-13(17-2)12(14)7-10/h3-4,7,11,15H,5-6,8-9H2,1-2H3. The van der Waals surface area contributed by atoms with E-state index in [-0.39, 0.29) is 0 Å². The third-order valence-corrected chi connectivity index (χ3v) is 3.54. The van der Waals surface area contributed by atoms with Crippen molar-refractivity contribution in [2.75, 3.05) is 40.3 Å². The molecular weight excluding hydrogens is 236 g/mol. The summed E-state index contributed by atoms with van der Waals surface area (Å²) >= 11 is 6.17. The molecule has 0 aliphatic carbocycles. The number of rotatable bonds is 2. The second-order valence-electron chi connectivity index (χ2n) is 4.56. The molecule has 1 aromatic rings. The van der Waals surface area contributed by atoms with E-state index in [0.29, 0.717) is 10.9 Å². The quantitative estimate of drug-likeness (QED) is 0.873. The van der Waals surface area contributed by atoms with Crippen LogP contribution >= 0.6 is 11.6 Å². The van der Waals surface area contributed by atoms with Gasteiger partial charge in [0.05, 0.1) is 12.1 Å². The van der Waals surface area contributed by atoms with Crippen LogP contribution in [0.4, 0.5) is 0 Å². The van der Waals surface area contributed by atoms with Crippen LogP contribution in [0.15, 0.2) is 18.2 Å². The van der Waals surface area contributed by atoms with E-state index in [4.69, 9.17) is 16.3 Å². The molecule has 1 aliphatic rings. The summed E-state index contributed by atoms with van der Waals surface area (Å²) in [4.78, 5) is 2.35. The van der Waals surface area contributed by atoms with E-state index in [1.807, 2.05) is 12.1 Å². The van der Waals surface area contributed by atoms with Gasteiger partial charge >= 0.3 is 0 Å². The van der Waals surface area contributed by atoms with Crippen LogP contribution < -0.4 is 10.1 Å². The summed E-state index contributed by atoms with van der Waals surface area (Å²) in [7, 11) is 3.80. The molecule has 0 aromatic heterocycles. The van der Waals surface area contributed by atoms with Gasteiger partial charge in [0.15, 0.2) is 0 Å². The highest BCUT2D eigenvalue weighted by molar-refractivity contribution is 6.32. The van der Waals surface area contributed by atoms with Gasteiger partial charge in [-0.15, -0.1) is 0 Å². The fraction of sp³-hybridized carbons (Fsp3) is 0.538. The smallest absolute Gasteiger partial charge is 0.137 e. The fourth-order valence-corrected chi connectivity index (χ4v) is 2.50. The first-order chi connectivity index (χ1) is 8.20. The van der Waals surface area contributed by atoms with Gasteiger partial charge in [0.1, 0.15) is 5.75 Å². The van der Waals surface area contributed by atoms with Crippen LogP contribution in [0.1, 0.15) is 11.5 Å². The van der Waals surface area contributed by atoms with Gasteiger partial charge in [-0.05, 0) is 24.7 Å². The van der Waals surface area contributed by atoms with Gasteiger partial charge in [-0.25, -0.2) is 0 Å². The second kappa shape index (κ2) is 5.71. The molecule has 1 saturated heterocycles. The van der Waals surface area contributed by atoms with Crippen molar-refractivity contribution in [1.29, 1.82) is 0 Å². The molecule has 1 atom stereocenters. The van der Waals surface area contributed by atoms with Gasteiger partial charge in [0, 0.05) is 32.1 Å². The number of likely N-dealkylation sites (N-methyl/N-ethyl adjacent to an activating group) is 1. The Hall–Kier alpha value is -0.770. The Morgan fingerprint density at radius 2 is 2.29 bits per heavy atom. The van der Waals surface area contributed by atoms with Crippen molar-refractivity contribution in [2.45, 2.75) is 5.92 Å². The Morgan fingerprint density at radius 3 is 3.00 bits per heavy atom. The molecule has 1 fully saturated rings. The zero-order valence-corrected chi connectivity index (χ0v) is 11.1. The van der Waals surface area contributed by atoms with Crippen molar-refractivity contribution in [1.82, 2.24) is 10.2 Å². The lowest BCUT2D eigenvalue weighted by Gasteiger charge is -2.20. The largest absolute Gasteiger partial charge is 0.495 e. The molecule has 1 N–H and O–H groups in total. The van der Waals surface area contributed by atoms with Crippen LogP contribution in [0.3, 0.4) is 0 Å². The van der Waals surface area contributed by atoms with Crippen LogP contribution in [0.25, 0.3) is 0 Å². The minimum Gasteiger partial charge on any atom is -0.495 e. The van der Waals surface area contributed by atoms with Crippen molar-refractivity contribution in [3.05, 3.63) is 28.8 Å². The average molecular weight is 255 g/mol. The molecule has 0 spiro atoms. The van der Waals surface area contributed by atoms with Gasteiger partial charge in [-0.2, -0.15) is 0 Å². The Morgan fingerprint density at radius 1 is 1.47 bits per heavy atom. The lowest BCUT2D eigenvalue weighted by molar-refractivity contribution is 0.342. The summed E-state index contributed by atoms with van der Waals surface area (Å²) in [5.74, 6) is 1.23. The zero-order chi connectivity index (χ0) is 12.3. The first-order valence-corrected chi connectivity index (χ1v) is 6.31. The van der Waals surface area contributed by atoms with E-state index >= 15 is 0 Å². The highest BCUT2D eigenvalue weighted by Crippen LogP contribution is 2.28. The van der Waals surface area contributed by atoms with Crippen molar-refractivity contribution < 1.29 is 4.74 Å². The summed E-state index contributed by atoms with van der Waals surface area (Å²) in [5.41, 5.74) is 1.28. The molecule has 0 saturated carbocycles. The number of halogens is 1. The summed E-state index contributed by atoms with van der Waals surface area (Å²) < 4.78 is 5.18. The second-order valence-corrected chi connectivity index (χ2v) is 4.96. The predicted molar refractivity (Wildman–Crippen MR) is 71.1 cm³/mol. The Balaban J connectivity index is 2.17. The fourth-order valence-electron chi connectivity index (χ4n) is 2.24. The van der Waals surface area contributed by atoms with Crippen molar-refractivity contribution in [3.63, 3.8) is 0 Å². The number of nitrogens with zero attached hydrogens (tertiary/aromatic N) is 1. The SMILES string of the molecule is COc1ccc(C2CNCCN(C)C2)cc1Cl. The van der Waals surface area contributed by atoms with E-state index in [0.717, 1.165) is 31.9 Å². The summed E-state index contributed by atoms with van der Waals surface area (Å²) in [6.07, 6.45) is 0. The first kappa shape index (κ1) is 12.7. The van der Waals surface area contributed by atoms with Crippen LogP contribution in [0.5, 0.6) is 5.75 Å². The first-order valence-electron chi connectivity index (χ1n) is 5.93. The van der Waals surface area contributed by atoms with Crippen molar-refractivity contribution >= 4 is 11.6 Å². The van der Waals surface area contributed by atoms with E-state index in [2.05, 4.69) is 23.3 Å². The Kier molecular flexibility index (Phi) is 4.26. The van der Waals surface area contributed by atoms with Crippen molar-refractivity contribution in [3.8, 4) is 5.75 Å². The molecule has 0 amide bonds. The lowest BCUT2D eigenvalue weighted by atomic mass is 9.98. The van der Waals surface area contributed by atoms with Crippen LogP contribution in [-0.2, 0) is 0 Å². The molecular formula is C13H19ClN2O. The molecule has 94 valence electrons. The molecule has 0 bridgehead atoms. The molecule has 17 heavy (non-hydrogen) atoms.